The molecule has 0 amide bonds. The van der Waals surface area contributed by atoms with Crippen LogP contribution in [0.25, 0.3) is 0 Å². The van der Waals surface area contributed by atoms with E-state index in [1.165, 1.54) is 12.3 Å². The summed E-state index contributed by atoms with van der Waals surface area (Å²) in [7, 11) is 0. The largest absolute Gasteiger partial charge is 0.487 e. The van der Waals surface area contributed by atoms with Crippen LogP contribution in [0.1, 0.15) is 22.5 Å². The fourth-order valence-corrected chi connectivity index (χ4v) is 1.68. The van der Waals surface area contributed by atoms with Gasteiger partial charge in [0.1, 0.15) is 18.1 Å². The molecular formula is C16H13NO5. The zero-order chi connectivity index (χ0) is 15.9. The van der Waals surface area contributed by atoms with Gasteiger partial charge in [0.15, 0.2) is 5.78 Å². The number of aliphatic carboxylic acids is 1. The van der Waals surface area contributed by atoms with Crippen LogP contribution in [-0.2, 0) is 16.2 Å². The Hall–Kier alpha value is -3.02. The predicted octanol–water partition coefficient (Wildman–Crippen LogP) is 1.89. The van der Waals surface area contributed by atoms with Gasteiger partial charge < -0.3 is 9.84 Å². The van der Waals surface area contributed by atoms with Gasteiger partial charge in [0.2, 0.25) is 5.78 Å². The minimum Gasteiger partial charge on any atom is -0.487 e. The van der Waals surface area contributed by atoms with Crippen molar-refractivity contribution in [3.63, 3.8) is 0 Å². The van der Waals surface area contributed by atoms with Gasteiger partial charge in [-0.2, -0.15) is 0 Å². The van der Waals surface area contributed by atoms with Crippen molar-refractivity contribution in [1.82, 2.24) is 4.98 Å². The number of carboxylic acid groups (broad SMARTS) is 1. The number of rotatable bonds is 7. The third-order valence-corrected chi connectivity index (χ3v) is 2.83. The van der Waals surface area contributed by atoms with Crippen molar-refractivity contribution in [3.05, 3.63) is 59.9 Å². The molecule has 22 heavy (non-hydrogen) atoms. The number of hydrogen-bond donors (Lipinski definition) is 1. The molecule has 2 rings (SSSR count). The SMILES string of the molecule is O=C(O)C(=O)CC(=O)c1ccc(OCc2ccccc2)cn1. The fourth-order valence-electron chi connectivity index (χ4n) is 1.68. The summed E-state index contributed by atoms with van der Waals surface area (Å²) < 4.78 is 5.51. The fraction of sp³-hybridized carbons (Fsp3) is 0.125. The number of pyridine rings is 1. The van der Waals surface area contributed by atoms with Gasteiger partial charge >= 0.3 is 5.97 Å². The zero-order valence-electron chi connectivity index (χ0n) is 11.6. The predicted molar refractivity (Wildman–Crippen MR) is 76.6 cm³/mol. The van der Waals surface area contributed by atoms with Crippen LogP contribution in [0, 0.1) is 0 Å². The Morgan fingerprint density at radius 2 is 1.77 bits per heavy atom. The topological polar surface area (TPSA) is 93.6 Å². The van der Waals surface area contributed by atoms with Crippen LogP contribution < -0.4 is 4.74 Å². The number of benzene rings is 1. The second-order valence-corrected chi connectivity index (χ2v) is 4.48. The van der Waals surface area contributed by atoms with Crippen molar-refractivity contribution in [2.75, 3.05) is 0 Å². The number of ketones is 2. The molecule has 1 aromatic heterocycles. The molecule has 0 fully saturated rings. The molecule has 1 aromatic carbocycles. The van der Waals surface area contributed by atoms with E-state index in [9.17, 15) is 14.4 Å². The summed E-state index contributed by atoms with van der Waals surface area (Å²) in [5.41, 5.74) is 1.02. The van der Waals surface area contributed by atoms with Crippen LogP contribution >= 0.6 is 0 Å². The Balaban J connectivity index is 1.94. The maximum absolute atomic E-state index is 11.7. The zero-order valence-corrected chi connectivity index (χ0v) is 11.6. The number of carbonyl (C=O) groups excluding carboxylic acids is 2. The van der Waals surface area contributed by atoms with E-state index in [-0.39, 0.29) is 5.69 Å². The van der Waals surface area contributed by atoms with Crippen LogP contribution in [-0.4, -0.2) is 27.6 Å². The number of ether oxygens (including phenoxy) is 1. The van der Waals surface area contributed by atoms with E-state index in [0.717, 1.165) is 5.56 Å². The van der Waals surface area contributed by atoms with E-state index in [1.54, 1.807) is 6.07 Å². The Morgan fingerprint density at radius 1 is 1.05 bits per heavy atom. The number of nitrogens with zero attached hydrogens (tertiary/aromatic N) is 1. The first-order valence-corrected chi connectivity index (χ1v) is 6.48. The van der Waals surface area contributed by atoms with Gasteiger partial charge in [-0.3, -0.25) is 9.59 Å². The third-order valence-electron chi connectivity index (χ3n) is 2.83. The molecule has 0 aliphatic rings. The van der Waals surface area contributed by atoms with Gasteiger partial charge in [0.05, 0.1) is 12.6 Å². The normalized spacial score (nSPS) is 10.0. The van der Waals surface area contributed by atoms with Crippen LogP contribution in [0.4, 0.5) is 0 Å². The molecule has 0 radical (unpaired) electrons. The van der Waals surface area contributed by atoms with Crippen LogP contribution in [0.15, 0.2) is 48.7 Å². The molecule has 0 atom stereocenters. The molecule has 6 heteroatoms. The highest BCUT2D eigenvalue weighted by atomic mass is 16.5. The number of Topliss-reactive ketones (excluding diaryl/α,β-unsaturated/α-hetero) is 2. The number of hydrogen-bond acceptors (Lipinski definition) is 5. The Labute approximate surface area is 126 Å². The van der Waals surface area contributed by atoms with Crippen molar-refractivity contribution in [1.29, 1.82) is 0 Å². The summed E-state index contributed by atoms with van der Waals surface area (Å²) in [6.45, 7) is 0.368. The molecular weight excluding hydrogens is 286 g/mol. The second-order valence-electron chi connectivity index (χ2n) is 4.48. The van der Waals surface area contributed by atoms with Crippen molar-refractivity contribution in [2.24, 2.45) is 0 Å². The Morgan fingerprint density at radius 3 is 2.36 bits per heavy atom. The average molecular weight is 299 g/mol. The monoisotopic (exact) mass is 299 g/mol. The van der Waals surface area contributed by atoms with Crippen LogP contribution in [0.3, 0.4) is 0 Å². The van der Waals surface area contributed by atoms with Gasteiger partial charge in [0, 0.05) is 0 Å². The van der Waals surface area contributed by atoms with E-state index < -0.39 is 24.0 Å². The molecule has 0 aliphatic carbocycles. The van der Waals surface area contributed by atoms with E-state index >= 15 is 0 Å². The summed E-state index contributed by atoms with van der Waals surface area (Å²) >= 11 is 0. The second kappa shape index (κ2) is 7.12. The van der Waals surface area contributed by atoms with Gasteiger partial charge in [-0.1, -0.05) is 30.3 Å². The lowest BCUT2D eigenvalue weighted by Gasteiger charge is -2.06. The third kappa shape index (κ3) is 4.24. The Bertz CT molecular complexity index is 679. The van der Waals surface area contributed by atoms with E-state index in [1.807, 2.05) is 30.3 Å². The summed E-state index contributed by atoms with van der Waals surface area (Å²) in [6, 6.07) is 12.5. The highest BCUT2D eigenvalue weighted by molar-refractivity contribution is 6.37. The van der Waals surface area contributed by atoms with Gasteiger partial charge in [0.25, 0.3) is 0 Å². The van der Waals surface area contributed by atoms with Gasteiger partial charge in [-0.25, -0.2) is 9.78 Å². The molecule has 0 saturated heterocycles. The van der Waals surface area contributed by atoms with Gasteiger partial charge in [-0.15, -0.1) is 0 Å². The van der Waals surface area contributed by atoms with Crippen molar-refractivity contribution in [3.8, 4) is 5.75 Å². The van der Waals surface area contributed by atoms with Crippen molar-refractivity contribution >= 4 is 17.5 Å². The first kappa shape index (κ1) is 15.4. The highest BCUT2D eigenvalue weighted by Crippen LogP contribution is 2.13. The molecule has 6 nitrogen and oxygen atoms in total. The molecule has 112 valence electrons. The molecule has 0 aliphatic heterocycles. The number of carbonyl (C=O) groups is 3. The van der Waals surface area contributed by atoms with Crippen LogP contribution in [0.5, 0.6) is 5.75 Å². The van der Waals surface area contributed by atoms with E-state index in [2.05, 4.69) is 4.98 Å². The molecule has 0 spiro atoms. The van der Waals surface area contributed by atoms with E-state index in [4.69, 9.17) is 9.84 Å². The molecule has 2 aromatic rings. The Kier molecular flexibility index (Phi) is 4.98. The minimum absolute atomic E-state index is 0.0293. The summed E-state index contributed by atoms with van der Waals surface area (Å²) in [5.74, 6) is -2.95. The van der Waals surface area contributed by atoms with Crippen molar-refractivity contribution in [2.45, 2.75) is 13.0 Å². The molecule has 1 heterocycles. The smallest absolute Gasteiger partial charge is 0.372 e. The maximum Gasteiger partial charge on any atom is 0.372 e. The van der Waals surface area contributed by atoms with Gasteiger partial charge in [-0.05, 0) is 17.7 Å². The molecule has 0 bridgehead atoms. The van der Waals surface area contributed by atoms with E-state index in [0.29, 0.717) is 12.4 Å². The maximum atomic E-state index is 11.7. The van der Waals surface area contributed by atoms with Crippen molar-refractivity contribution < 1.29 is 24.2 Å². The number of aromatic nitrogens is 1. The first-order valence-electron chi connectivity index (χ1n) is 6.48. The summed E-state index contributed by atoms with van der Waals surface area (Å²) in [6.07, 6.45) is 0.661. The van der Waals surface area contributed by atoms with Crippen LogP contribution in [0.2, 0.25) is 0 Å². The summed E-state index contributed by atoms with van der Waals surface area (Å²) in [4.78, 5) is 36.9. The lowest BCUT2D eigenvalue weighted by molar-refractivity contribution is -0.148. The highest BCUT2D eigenvalue weighted by Gasteiger charge is 2.18. The lowest BCUT2D eigenvalue weighted by Crippen LogP contribution is -2.17. The lowest BCUT2D eigenvalue weighted by atomic mass is 10.1. The molecule has 0 unspecified atom stereocenters. The first-order chi connectivity index (χ1) is 10.6. The average Bonchev–Trinajstić information content (AvgIpc) is 2.54. The quantitative estimate of drug-likeness (QED) is 0.476. The summed E-state index contributed by atoms with van der Waals surface area (Å²) in [5, 5.41) is 8.46. The number of carboxylic acids is 1. The minimum atomic E-state index is -1.63. The molecule has 1 N–H and O–H groups in total. The molecule has 0 saturated carbocycles. The standard InChI is InChI=1S/C16H13NO5/c18-14(8-15(19)16(20)21)13-7-6-12(9-17-13)22-10-11-4-2-1-3-5-11/h1-7,9H,8,10H2,(H,20,21).